The maximum absolute atomic E-state index is 14.5. The van der Waals surface area contributed by atoms with Crippen molar-refractivity contribution >= 4 is 34.4 Å². The Labute approximate surface area is 262 Å². The third-order valence-electron chi connectivity index (χ3n) is 7.22. The van der Waals surface area contributed by atoms with Gasteiger partial charge in [-0.2, -0.15) is 0 Å². The van der Waals surface area contributed by atoms with Gasteiger partial charge >= 0.3 is 6.09 Å². The van der Waals surface area contributed by atoms with Gasteiger partial charge < -0.3 is 20.3 Å². The van der Waals surface area contributed by atoms with E-state index in [9.17, 15) is 14.4 Å². The number of unbranched alkanes of at least 4 members (excludes halogenated alkanes) is 3. The van der Waals surface area contributed by atoms with E-state index in [1.54, 1.807) is 37.8 Å². The number of amides is 3. The molecule has 0 fully saturated rings. The van der Waals surface area contributed by atoms with Gasteiger partial charge in [0.05, 0.1) is 0 Å². The van der Waals surface area contributed by atoms with Gasteiger partial charge in [-0.15, -0.1) is 6.42 Å². The summed E-state index contributed by atoms with van der Waals surface area (Å²) in [6.07, 6.45) is 9.22. The lowest BCUT2D eigenvalue weighted by molar-refractivity contribution is -0.141. The fourth-order valence-corrected chi connectivity index (χ4v) is 5.21. The van der Waals surface area contributed by atoms with E-state index in [1.165, 1.54) is 0 Å². The van der Waals surface area contributed by atoms with Crippen LogP contribution < -0.4 is 10.6 Å². The third-order valence-corrected chi connectivity index (χ3v) is 7.22. The predicted molar refractivity (Wildman–Crippen MR) is 178 cm³/mol. The van der Waals surface area contributed by atoms with Crippen molar-refractivity contribution in [1.82, 2.24) is 10.2 Å². The van der Waals surface area contributed by atoms with Gasteiger partial charge in [-0.1, -0.05) is 94.5 Å². The van der Waals surface area contributed by atoms with Gasteiger partial charge in [-0.25, -0.2) is 4.79 Å². The van der Waals surface area contributed by atoms with E-state index >= 15 is 0 Å². The second kappa shape index (κ2) is 16.0. The van der Waals surface area contributed by atoms with Gasteiger partial charge in [0.25, 0.3) is 5.91 Å². The molecule has 234 valence electrons. The summed E-state index contributed by atoms with van der Waals surface area (Å²) in [5.74, 6) is 2.05. The Bertz CT molecular complexity index is 1470. The van der Waals surface area contributed by atoms with Crippen LogP contribution in [0.15, 0.2) is 66.7 Å². The van der Waals surface area contributed by atoms with Crippen LogP contribution in [0.4, 0.5) is 10.5 Å². The van der Waals surface area contributed by atoms with Crippen molar-refractivity contribution in [3.8, 4) is 12.3 Å². The molecule has 44 heavy (non-hydrogen) atoms. The third kappa shape index (κ3) is 9.87. The Morgan fingerprint density at radius 1 is 0.932 bits per heavy atom. The first-order chi connectivity index (χ1) is 20.9. The first-order valence-electron chi connectivity index (χ1n) is 15.6. The van der Waals surface area contributed by atoms with Gasteiger partial charge in [-0.05, 0) is 74.1 Å². The summed E-state index contributed by atoms with van der Waals surface area (Å²) in [5, 5.41) is 7.90. The number of rotatable bonds is 13. The molecule has 0 saturated carbocycles. The van der Waals surface area contributed by atoms with Crippen molar-refractivity contribution < 1.29 is 19.1 Å². The zero-order valence-corrected chi connectivity index (χ0v) is 27.0. The minimum Gasteiger partial charge on any atom is -0.444 e. The summed E-state index contributed by atoms with van der Waals surface area (Å²) in [5.41, 5.74) is 0.959. The molecule has 3 aromatic carbocycles. The van der Waals surface area contributed by atoms with Crippen molar-refractivity contribution in [2.24, 2.45) is 5.92 Å². The molecule has 0 aromatic heterocycles. The maximum atomic E-state index is 14.5. The minimum atomic E-state index is -1.03. The number of anilines is 1. The van der Waals surface area contributed by atoms with Crippen molar-refractivity contribution in [3.63, 3.8) is 0 Å². The van der Waals surface area contributed by atoms with E-state index in [-0.39, 0.29) is 17.7 Å². The Kier molecular flexibility index (Phi) is 12.4. The number of carbonyl (C=O) groups excluding carboxylic acids is 3. The van der Waals surface area contributed by atoms with Crippen LogP contribution in [-0.4, -0.2) is 41.0 Å². The van der Waals surface area contributed by atoms with Gasteiger partial charge in [-0.3, -0.25) is 9.59 Å². The number of nitrogens with one attached hydrogen (secondary N) is 2. The molecule has 0 aliphatic heterocycles. The number of hydrogen-bond acceptors (Lipinski definition) is 4. The number of terminal acetylenes is 1. The topological polar surface area (TPSA) is 87.7 Å². The largest absolute Gasteiger partial charge is 0.444 e. The highest BCUT2D eigenvalue weighted by atomic mass is 16.6. The zero-order valence-electron chi connectivity index (χ0n) is 27.0. The van der Waals surface area contributed by atoms with Crippen molar-refractivity contribution in [1.29, 1.82) is 0 Å². The van der Waals surface area contributed by atoms with Gasteiger partial charge in [0.1, 0.15) is 17.7 Å². The van der Waals surface area contributed by atoms with Gasteiger partial charge in [0, 0.05) is 17.8 Å². The molecule has 0 saturated heterocycles. The highest BCUT2D eigenvalue weighted by Crippen LogP contribution is 2.29. The average Bonchev–Trinajstić information content (AvgIpc) is 2.96. The number of benzene rings is 3. The maximum Gasteiger partial charge on any atom is 0.408 e. The molecule has 2 N–H and O–H groups in total. The fourth-order valence-electron chi connectivity index (χ4n) is 5.21. The number of nitrogens with zero attached hydrogens (tertiary/aromatic N) is 1. The Balaban J connectivity index is 2.08. The van der Waals surface area contributed by atoms with Crippen molar-refractivity contribution in [2.75, 3.05) is 11.9 Å². The van der Waals surface area contributed by atoms with E-state index < -0.39 is 23.8 Å². The lowest BCUT2D eigenvalue weighted by Gasteiger charge is -2.35. The summed E-state index contributed by atoms with van der Waals surface area (Å²) >= 11 is 0. The summed E-state index contributed by atoms with van der Waals surface area (Å²) < 4.78 is 5.51. The molecular weight excluding hydrogens is 550 g/mol. The lowest BCUT2D eigenvalue weighted by atomic mass is 9.95. The summed E-state index contributed by atoms with van der Waals surface area (Å²) in [6, 6.07) is 18.9. The van der Waals surface area contributed by atoms with Crippen LogP contribution in [0.1, 0.15) is 90.8 Å². The molecule has 7 nitrogen and oxygen atoms in total. The first kappa shape index (κ1) is 34.2. The predicted octanol–water partition coefficient (Wildman–Crippen LogP) is 7.85. The molecule has 0 radical (unpaired) electrons. The van der Waals surface area contributed by atoms with E-state index in [4.69, 9.17) is 11.2 Å². The average molecular weight is 598 g/mol. The van der Waals surface area contributed by atoms with Gasteiger partial charge in [0.15, 0.2) is 0 Å². The normalized spacial score (nSPS) is 12.7. The Morgan fingerprint density at radius 3 is 2.27 bits per heavy atom. The van der Waals surface area contributed by atoms with Crippen LogP contribution in [-0.2, 0) is 14.3 Å². The van der Waals surface area contributed by atoms with E-state index in [1.807, 2.05) is 68.4 Å². The number of carbonyl (C=O) groups is 3. The van der Waals surface area contributed by atoms with Crippen molar-refractivity contribution in [3.05, 3.63) is 77.9 Å². The molecule has 2 unspecified atom stereocenters. The van der Waals surface area contributed by atoms with E-state index in [2.05, 4.69) is 23.5 Å². The molecule has 3 rings (SSSR count). The standard InChI is InChI=1S/C37H47N3O4/c1-8-10-11-16-23-40(35(42)32(24-26(3)4)39-36(43)44-37(5,6)7)33(31-20-15-14-17-27(31)9-2)34(41)38-30-22-21-28-18-12-13-19-29(28)25-30/h2,12-15,17-22,25-26,32-33H,8,10-11,16,23-24H2,1,3-7H3,(H,38,41)(H,39,43). The molecule has 0 bridgehead atoms. The Hall–Kier alpha value is -4.31. The molecule has 3 aromatic rings. The van der Waals surface area contributed by atoms with Crippen molar-refractivity contribution in [2.45, 2.75) is 91.3 Å². The van der Waals surface area contributed by atoms with Crippen LogP contribution in [0.25, 0.3) is 10.8 Å². The van der Waals surface area contributed by atoms with Gasteiger partial charge in [0.2, 0.25) is 5.91 Å². The minimum absolute atomic E-state index is 0.0868. The summed E-state index contributed by atoms with van der Waals surface area (Å²) in [7, 11) is 0. The van der Waals surface area contributed by atoms with Crippen LogP contribution >= 0.6 is 0 Å². The number of fused-ring (bicyclic) bond motifs is 1. The zero-order chi connectivity index (χ0) is 32.3. The summed E-state index contributed by atoms with van der Waals surface area (Å²) in [6.45, 7) is 11.7. The second-order valence-corrected chi connectivity index (χ2v) is 12.6. The fraction of sp³-hybridized carbons (Fsp3) is 0.432. The molecule has 2 atom stereocenters. The SMILES string of the molecule is C#Cc1ccccc1C(C(=O)Nc1ccc2ccccc2c1)N(CCCCCC)C(=O)C(CC(C)C)NC(=O)OC(C)(C)C. The molecule has 3 amide bonds. The van der Waals surface area contributed by atoms with Crippen LogP contribution in [0, 0.1) is 18.3 Å². The monoisotopic (exact) mass is 597 g/mol. The molecule has 0 aliphatic carbocycles. The number of hydrogen-bond donors (Lipinski definition) is 2. The molecular formula is C37H47N3O4. The number of alkyl carbamates (subject to hydrolysis) is 1. The summed E-state index contributed by atoms with van der Waals surface area (Å²) in [4.78, 5) is 43.3. The lowest BCUT2D eigenvalue weighted by Crippen LogP contribution is -2.53. The van der Waals surface area contributed by atoms with Crippen LogP contribution in [0.3, 0.4) is 0 Å². The van der Waals surface area contributed by atoms with Crippen LogP contribution in [0.2, 0.25) is 0 Å². The molecule has 0 aliphatic rings. The molecule has 7 heteroatoms. The quantitative estimate of drug-likeness (QED) is 0.155. The van der Waals surface area contributed by atoms with E-state index in [0.29, 0.717) is 36.2 Å². The highest BCUT2D eigenvalue weighted by Gasteiger charge is 2.37. The second-order valence-electron chi connectivity index (χ2n) is 12.6. The Morgan fingerprint density at radius 2 is 1.61 bits per heavy atom. The number of ether oxygens (including phenoxy) is 1. The smallest absolute Gasteiger partial charge is 0.408 e. The van der Waals surface area contributed by atoms with Crippen LogP contribution in [0.5, 0.6) is 0 Å². The first-order valence-corrected chi connectivity index (χ1v) is 15.6. The molecule has 0 spiro atoms. The highest BCUT2D eigenvalue weighted by molar-refractivity contribution is 6.00. The van der Waals surface area contributed by atoms with E-state index in [0.717, 1.165) is 30.0 Å². The molecule has 0 heterocycles.